The maximum absolute atomic E-state index is 11.1. The SMILES string of the molecule is CNC(C)c1ccc(N2CCC(NC(C)=O)CC2)c(Cl)c1. The van der Waals surface area contributed by atoms with Crippen molar-refractivity contribution in [2.24, 2.45) is 0 Å². The van der Waals surface area contributed by atoms with Gasteiger partial charge in [0.05, 0.1) is 10.7 Å². The number of hydrogen-bond acceptors (Lipinski definition) is 3. The number of carbonyl (C=O) groups excluding carboxylic acids is 1. The van der Waals surface area contributed by atoms with E-state index in [-0.39, 0.29) is 5.91 Å². The van der Waals surface area contributed by atoms with Crippen LogP contribution >= 0.6 is 11.6 Å². The van der Waals surface area contributed by atoms with Gasteiger partial charge in [-0.25, -0.2) is 0 Å². The molecule has 0 saturated carbocycles. The van der Waals surface area contributed by atoms with Crippen molar-refractivity contribution in [3.05, 3.63) is 28.8 Å². The molecule has 1 aromatic carbocycles. The first-order chi connectivity index (χ1) is 10.0. The Morgan fingerprint density at radius 1 is 1.38 bits per heavy atom. The minimum Gasteiger partial charge on any atom is -0.370 e. The molecule has 0 spiro atoms. The van der Waals surface area contributed by atoms with Crippen molar-refractivity contribution in [3.63, 3.8) is 0 Å². The summed E-state index contributed by atoms with van der Waals surface area (Å²) in [6, 6.07) is 6.85. The molecule has 1 fully saturated rings. The Balaban J connectivity index is 2.02. The maximum atomic E-state index is 11.1. The van der Waals surface area contributed by atoms with E-state index in [0.29, 0.717) is 12.1 Å². The summed E-state index contributed by atoms with van der Waals surface area (Å²) in [4.78, 5) is 13.4. The average Bonchev–Trinajstić information content (AvgIpc) is 2.47. The summed E-state index contributed by atoms with van der Waals surface area (Å²) in [6.07, 6.45) is 1.93. The molecule has 0 aromatic heterocycles. The molecule has 1 aliphatic heterocycles. The lowest BCUT2D eigenvalue weighted by Gasteiger charge is -2.34. The highest BCUT2D eigenvalue weighted by atomic mass is 35.5. The second-order valence-corrected chi connectivity index (χ2v) is 6.09. The van der Waals surface area contributed by atoms with E-state index in [1.165, 1.54) is 5.56 Å². The van der Waals surface area contributed by atoms with Gasteiger partial charge in [-0.05, 0) is 44.5 Å². The van der Waals surface area contributed by atoms with E-state index in [0.717, 1.165) is 36.6 Å². The molecule has 1 amide bonds. The molecule has 21 heavy (non-hydrogen) atoms. The van der Waals surface area contributed by atoms with Gasteiger partial charge < -0.3 is 15.5 Å². The smallest absolute Gasteiger partial charge is 0.217 e. The summed E-state index contributed by atoms with van der Waals surface area (Å²) in [5, 5.41) is 7.01. The summed E-state index contributed by atoms with van der Waals surface area (Å²) in [5.41, 5.74) is 2.28. The topological polar surface area (TPSA) is 44.4 Å². The van der Waals surface area contributed by atoms with Crippen LogP contribution in [0, 0.1) is 0 Å². The highest BCUT2D eigenvalue weighted by Gasteiger charge is 2.21. The molecule has 2 rings (SSSR count). The zero-order chi connectivity index (χ0) is 15.4. The Bertz CT molecular complexity index is 498. The van der Waals surface area contributed by atoms with Crippen LogP contribution in [0.4, 0.5) is 5.69 Å². The Kier molecular flexibility index (Phi) is 5.48. The minimum atomic E-state index is 0.0527. The lowest BCUT2D eigenvalue weighted by atomic mass is 10.0. The van der Waals surface area contributed by atoms with Crippen LogP contribution in [0.3, 0.4) is 0 Å². The van der Waals surface area contributed by atoms with E-state index in [9.17, 15) is 4.79 Å². The fraction of sp³-hybridized carbons (Fsp3) is 0.562. The molecule has 2 N–H and O–H groups in total. The number of amides is 1. The molecule has 1 aromatic rings. The average molecular weight is 310 g/mol. The van der Waals surface area contributed by atoms with E-state index in [2.05, 4.69) is 34.6 Å². The molecular formula is C16H24ClN3O. The third-order valence-electron chi connectivity index (χ3n) is 4.15. The van der Waals surface area contributed by atoms with Gasteiger partial charge in [-0.3, -0.25) is 4.79 Å². The molecule has 1 unspecified atom stereocenters. The van der Waals surface area contributed by atoms with Crippen molar-refractivity contribution < 1.29 is 4.79 Å². The minimum absolute atomic E-state index is 0.0527. The van der Waals surface area contributed by atoms with Gasteiger partial charge in [0.1, 0.15) is 0 Å². The lowest BCUT2D eigenvalue weighted by molar-refractivity contribution is -0.119. The predicted octanol–water partition coefficient (Wildman–Crippen LogP) is 2.73. The van der Waals surface area contributed by atoms with Crippen LogP contribution in [0.25, 0.3) is 0 Å². The zero-order valence-electron chi connectivity index (χ0n) is 12.9. The summed E-state index contributed by atoms with van der Waals surface area (Å²) in [5.74, 6) is 0.0527. The first-order valence-electron chi connectivity index (χ1n) is 7.50. The van der Waals surface area contributed by atoms with Gasteiger partial charge in [0.15, 0.2) is 0 Å². The molecule has 1 heterocycles. The van der Waals surface area contributed by atoms with E-state index < -0.39 is 0 Å². The highest BCUT2D eigenvalue weighted by molar-refractivity contribution is 6.33. The van der Waals surface area contributed by atoms with E-state index in [4.69, 9.17) is 11.6 Å². The van der Waals surface area contributed by atoms with E-state index in [1.807, 2.05) is 13.1 Å². The van der Waals surface area contributed by atoms with Gasteiger partial charge in [0, 0.05) is 32.1 Å². The van der Waals surface area contributed by atoms with Crippen LogP contribution in [0.2, 0.25) is 5.02 Å². The lowest BCUT2D eigenvalue weighted by Crippen LogP contribution is -2.44. The van der Waals surface area contributed by atoms with Gasteiger partial charge in [0.2, 0.25) is 5.91 Å². The summed E-state index contributed by atoms with van der Waals surface area (Å²) < 4.78 is 0. The largest absolute Gasteiger partial charge is 0.370 e. The van der Waals surface area contributed by atoms with Crippen molar-refractivity contribution in [2.45, 2.75) is 38.8 Å². The van der Waals surface area contributed by atoms with Crippen molar-refractivity contribution >= 4 is 23.2 Å². The summed E-state index contributed by atoms with van der Waals surface area (Å²) in [7, 11) is 1.94. The fourth-order valence-corrected chi connectivity index (χ4v) is 3.08. The standard InChI is InChI=1S/C16H24ClN3O/c1-11(18-3)13-4-5-16(15(17)10-13)20-8-6-14(7-9-20)19-12(2)21/h4-5,10-11,14,18H,6-9H2,1-3H3,(H,19,21). The molecule has 0 radical (unpaired) electrons. The summed E-state index contributed by atoms with van der Waals surface area (Å²) >= 11 is 6.45. The Morgan fingerprint density at radius 2 is 2.05 bits per heavy atom. The number of piperidine rings is 1. The zero-order valence-corrected chi connectivity index (χ0v) is 13.7. The van der Waals surface area contributed by atoms with Gasteiger partial charge in [-0.1, -0.05) is 17.7 Å². The number of carbonyl (C=O) groups is 1. The van der Waals surface area contributed by atoms with Gasteiger partial charge in [-0.15, -0.1) is 0 Å². The van der Waals surface area contributed by atoms with Crippen LogP contribution in [0.5, 0.6) is 0 Å². The quantitative estimate of drug-likeness (QED) is 0.899. The normalized spacial score (nSPS) is 17.6. The molecule has 5 heteroatoms. The second-order valence-electron chi connectivity index (χ2n) is 5.68. The Morgan fingerprint density at radius 3 is 2.57 bits per heavy atom. The van der Waals surface area contributed by atoms with Gasteiger partial charge in [-0.2, -0.15) is 0 Å². The number of nitrogens with zero attached hydrogens (tertiary/aromatic N) is 1. The molecule has 4 nitrogen and oxygen atoms in total. The monoisotopic (exact) mass is 309 g/mol. The molecule has 0 aliphatic carbocycles. The maximum Gasteiger partial charge on any atom is 0.217 e. The number of hydrogen-bond donors (Lipinski definition) is 2. The first-order valence-corrected chi connectivity index (χ1v) is 7.88. The van der Waals surface area contributed by atoms with Crippen LogP contribution < -0.4 is 15.5 Å². The molecule has 1 atom stereocenters. The van der Waals surface area contributed by atoms with Crippen LogP contribution in [0.15, 0.2) is 18.2 Å². The number of nitrogens with one attached hydrogen (secondary N) is 2. The molecule has 1 aliphatic rings. The number of anilines is 1. The third kappa shape index (κ3) is 4.11. The van der Waals surface area contributed by atoms with Crippen LogP contribution in [-0.4, -0.2) is 32.1 Å². The third-order valence-corrected chi connectivity index (χ3v) is 4.45. The van der Waals surface area contributed by atoms with E-state index >= 15 is 0 Å². The van der Waals surface area contributed by atoms with Crippen molar-refractivity contribution in [1.82, 2.24) is 10.6 Å². The highest BCUT2D eigenvalue weighted by Crippen LogP contribution is 2.30. The Hall–Kier alpha value is -1.26. The molecule has 116 valence electrons. The molecular weight excluding hydrogens is 286 g/mol. The second kappa shape index (κ2) is 7.14. The number of rotatable bonds is 4. The van der Waals surface area contributed by atoms with Crippen molar-refractivity contribution in [3.8, 4) is 0 Å². The van der Waals surface area contributed by atoms with Gasteiger partial charge >= 0.3 is 0 Å². The fourth-order valence-electron chi connectivity index (χ4n) is 2.77. The summed E-state index contributed by atoms with van der Waals surface area (Å²) in [6.45, 7) is 5.53. The van der Waals surface area contributed by atoms with Crippen molar-refractivity contribution in [1.29, 1.82) is 0 Å². The predicted molar refractivity (Wildman–Crippen MR) is 88.0 cm³/mol. The van der Waals surface area contributed by atoms with E-state index in [1.54, 1.807) is 6.92 Å². The van der Waals surface area contributed by atoms with Crippen LogP contribution in [-0.2, 0) is 4.79 Å². The molecule has 1 saturated heterocycles. The van der Waals surface area contributed by atoms with Gasteiger partial charge in [0.25, 0.3) is 0 Å². The van der Waals surface area contributed by atoms with Crippen LogP contribution in [0.1, 0.15) is 38.3 Å². The number of halogens is 1. The first kappa shape index (κ1) is 16.1. The Labute approximate surface area is 131 Å². The van der Waals surface area contributed by atoms with Crippen molar-refractivity contribution in [2.75, 3.05) is 25.0 Å². The number of benzene rings is 1. The molecule has 0 bridgehead atoms.